The Kier molecular flexibility index (Phi) is 8.04. The third kappa shape index (κ3) is 6.30. The van der Waals surface area contributed by atoms with E-state index in [-0.39, 0.29) is 22.0 Å². The molecule has 0 saturated carbocycles. The van der Waals surface area contributed by atoms with Crippen LogP contribution in [-0.2, 0) is 23.8 Å². The fourth-order valence-electron chi connectivity index (χ4n) is 4.37. The molecule has 1 aromatic carbocycles. The topological polar surface area (TPSA) is 87.9 Å². The van der Waals surface area contributed by atoms with E-state index in [1.807, 2.05) is 0 Å². The number of amides is 1. The molecule has 0 aliphatic heterocycles. The highest BCUT2D eigenvalue weighted by Crippen LogP contribution is 2.44. The number of fused-ring (bicyclic) bond motifs is 1. The van der Waals surface area contributed by atoms with Crippen molar-refractivity contribution in [3.63, 3.8) is 0 Å². The number of nitrogens with zero attached hydrogens (tertiary/aromatic N) is 3. The van der Waals surface area contributed by atoms with E-state index >= 15 is 0 Å². The minimum Gasteiger partial charge on any atom is -0.497 e. The number of rotatable bonds is 6. The first-order valence-corrected chi connectivity index (χ1v) is 13.8. The summed E-state index contributed by atoms with van der Waals surface area (Å²) in [5, 5.41) is 12.9. The lowest BCUT2D eigenvalue weighted by Gasteiger charge is -2.33. The summed E-state index contributed by atoms with van der Waals surface area (Å²) < 4.78 is 45.7. The molecule has 0 bridgehead atoms. The molecule has 4 rings (SSSR count). The third-order valence-corrected chi connectivity index (χ3v) is 8.59. The maximum absolute atomic E-state index is 13.5. The van der Waals surface area contributed by atoms with Gasteiger partial charge in [0.15, 0.2) is 5.16 Å². The average Bonchev–Trinajstić information content (AvgIpc) is 3.22. The molecule has 3 aromatic rings. The number of benzene rings is 1. The molecular formula is C27H27F3N4O2S2. The summed E-state index contributed by atoms with van der Waals surface area (Å²) in [6, 6.07) is 9.57. The number of alkyl halides is 3. The van der Waals surface area contributed by atoms with Crippen molar-refractivity contribution in [3.8, 4) is 23.1 Å². The highest BCUT2D eigenvalue weighted by molar-refractivity contribution is 7.99. The highest BCUT2D eigenvalue weighted by Gasteiger charge is 2.34. The van der Waals surface area contributed by atoms with Gasteiger partial charge in [-0.25, -0.2) is 9.97 Å². The highest BCUT2D eigenvalue weighted by atomic mass is 32.2. The maximum Gasteiger partial charge on any atom is 0.433 e. The molecule has 1 N–H and O–H groups in total. The minimum atomic E-state index is -4.68. The summed E-state index contributed by atoms with van der Waals surface area (Å²) >= 11 is 2.22. The van der Waals surface area contributed by atoms with Crippen LogP contribution in [0.1, 0.15) is 48.9 Å². The van der Waals surface area contributed by atoms with Gasteiger partial charge in [-0.1, -0.05) is 32.5 Å². The first-order chi connectivity index (χ1) is 17.9. The van der Waals surface area contributed by atoms with Gasteiger partial charge < -0.3 is 10.1 Å². The van der Waals surface area contributed by atoms with Crippen LogP contribution in [0.5, 0.6) is 5.75 Å². The van der Waals surface area contributed by atoms with Crippen molar-refractivity contribution in [1.82, 2.24) is 9.97 Å². The van der Waals surface area contributed by atoms with Crippen LogP contribution in [0.15, 0.2) is 35.5 Å². The number of halogens is 3. The number of hydrogen-bond donors (Lipinski definition) is 1. The van der Waals surface area contributed by atoms with Crippen LogP contribution in [0, 0.1) is 22.7 Å². The Bertz CT molecular complexity index is 1370. The second-order valence-corrected chi connectivity index (χ2v) is 12.2. The molecule has 1 aliphatic rings. The molecule has 200 valence electrons. The van der Waals surface area contributed by atoms with Gasteiger partial charge in [0.2, 0.25) is 5.91 Å². The van der Waals surface area contributed by atoms with E-state index < -0.39 is 17.8 Å². The summed E-state index contributed by atoms with van der Waals surface area (Å²) in [4.78, 5) is 21.8. The van der Waals surface area contributed by atoms with Gasteiger partial charge in [-0.05, 0) is 66.5 Å². The van der Waals surface area contributed by atoms with Gasteiger partial charge in [-0.2, -0.15) is 18.4 Å². The van der Waals surface area contributed by atoms with E-state index in [4.69, 9.17) is 4.74 Å². The van der Waals surface area contributed by atoms with E-state index in [9.17, 15) is 23.2 Å². The zero-order valence-electron chi connectivity index (χ0n) is 21.4. The summed E-state index contributed by atoms with van der Waals surface area (Å²) in [5.41, 5.74) is 1.07. The molecule has 38 heavy (non-hydrogen) atoms. The van der Waals surface area contributed by atoms with Crippen LogP contribution in [0.2, 0.25) is 0 Å². The molecule has 2 heterocycles. The quantitative estimate of drug-likeness (QED) is 0.258. The van der Waals surface area contributed by atoms with Crippen molar-refractivity contribution in [1.29, 1.82) is 5.26 Å². The monoisotopic (exact) mass is 560 g/mol. The number of nitrogens with one attached hydrogen (secondary N) is 1. The van der Waals surface area contributed by atoms with Gasteiger partial charge in [-0.3, -0.25) is 4.79 Å². The van der Waals surface area contributed by atoms with Crippen molar-refractivity contribution in [2.75, 3.05) is 18.2 Å². The van der Waals surface area contributed by atoms with E-state index in [0.29, 0.717) is 27.8 Å². The smallest absolute Gasteiger partial charge is 0.433 e. The average molecular weight is 561 g/mol. The number of hydrogen-bond acceptors (Lipinski definition) is 7. The Morgan fingerprint density at radius 1 is 1.24 bits per heavy atom. The SMILES string of the molecule is COc1ccc(-c2cc(C(F)(F)F)nc(SCC(=O)Nc3sc4c(c3C#N)CC[C@@H](C(C)(C)C)C4)n2)cc1. The lowest BCUT2D eigenvalue weighted by atomic mass is 9.72. The number of nitriles is 1. The fraction of sp³-hybridized carbons (Fsp3) is 0.407. The van der Waals surface area contributed by atoms with Crippen molar-refractivity contribution in [2.45, 2.75) is 51.4 Å². The lowest BCUT2D eigenvalue weighted by molar-refractivity contribution is -0.141. The second kappa shape index (κ2) is 10.9. The Hall–Kier alpha value is -3.10. The van der Waals surface area contributed by atoms with Crippen molar-refractivity contribution in [2.24, 2.45) is 11.3 Å². The molecule has 2 aromatic heterocycles. The van der Waals surface area contributed by atoms with Crippen LogP contribution in [0.3, 0.4) is 0 Å². The molecule has 0 spiro atoms. The lowest BCUT2D eigenvalue weighted by Crippen LogP contribution is -2.26. The maximum atomic E-state index is 13.5. The number of ether oxygens (including phenoxy) is 1. The molecule has 0 unspecified atom stereocenters. The van der Waals surface area contributed by atoms with Crippen LogP contribution >= 0.6 is 23.1 Å². The number of aromatic nitrogens is 2. The number of thiophene rings is 1. The third-order valence-electron chi connectivity index (χ3n) is 6.57. The normalized spacial score (nSPS) is 15.5. The van der Waals surface area contributed by atoms with Gasteiger partial charge in [-0.15, -0.1) is 11.3 Å². The van der Waals surface area contributed by atoms with Crippen molar-refractivity contribution in [3.05, 3.63) is 52.0 Å². The van der Waals surface area contributed by atoms with Crippen LogP contribution in [-0.4, -0.2) is 28.7 Å². The van der Waals surface area contributed by atoms with E-state index in [0.717, 1.165) is 47.5 Å². The number of carbonyl (C=O) groups excluding carboxylic acids is 1. The Balaban J connectivity index is 1.51. The van der Waals surface area contributed by atoms with Gasteiger partial charge in [0.05, 0.1) is 24.1 Å². The standard InChI is InChI=1S/C27H27F3N4O2S2/c1-26(2,3)16-7-10-18-19(13-31)24(38-21(18)11-16)34-23(35)14-37-25-32-20(12-22(33-25)27(28,29)30)15-5-8-17(36-4)9-6-15/h5-6,8-9,12,16H,7,10-11,14H2,1-4H3,(H,34,35)/t16-/m1/s1. The molecule has 0 saturated heterocycles. The van der Waals surface area contributed by atoms with E-state index in [1.165, 1.54) is 18.4 Å². The second-order valence-electron chi connectivity index (χ2n) is 10.1. The largest absolute Gasteiger partial charge is 0.497 e. The summed E-state index contributed by atoms with van der Waals surface area (Å²) in [6.45, 7) is 6.62. The summed E-state index contributed by atoms with van der Waals surface area (Å²) in [6.07, 6.45) is -2.05. The zero-order chi connectivity index (χ0) is 27.7. The molecular weight excluding hydrogens is 533 g/mol. The molecule has 1 atom stereocenters. The van der Waals surface area contributed by atoms with Gasteiger partial charge in [0.1, 0.15) is 22.5 Å². The first kappa shape index (κ1) is 27.9. The number of anilines is 1. The predicted molar refractivity (Wildman–Crippen MR) is 142 cm³/mol. The van der Waals surface area contributed by atoms with E-state index in [2.05, 4.69) is 42.1 Å². The fourth-order valence-corrected chi connectivity index (χ4v) is 6.32. The number of thioether (sulfide) groups is 1. The number of methoxy groups -OCH3 is 1. The Labute approximate surface area is 227 Å². The molecule has 6 nitrogen and oxygen atoms in total. The van der Waals surface area contributed by atoms with Gasteiger partial charge in [0.25, 0.3) is 0 Å². The molecule has 0 radical (unpaired) electrons. The molecule has 0 fully saturated rings. The molecule has 11 heteroatoms. The van der Waals surface area contributed by atoms with E-state index in [1.54, 1.807) is 24.3 Å². The van der Waals surface area contributed by atoms with Crippen LogP contribution < -0.4 is 10.1 Å². The Morgan fingerprint density at radius 2 is 1.95 bits per heavy atom. The summed E-state index contributed by atoms with van der Waals surface area (Å²) in [7, 11) is 1.49. The van der Waals surface area contributed by atoms with Gasteiger partial charge in [0, 0.05) is 10.4 Å². The number of carbonyl (C=O) groups is 1. The zero-order valence-corrected chi connectivity index (χ0v) is 23.0. The van der Waals surface area contributed by atoms with Gasteiger partial charge >= 0.3 is 6.18 Å². The molecule has 1 amide bonds. The van der Waals surface area contributed by atoms with Crippen molar-refractivity contribution >= 4 is 34.0 Å². The first-order valence-electron chi connectivity index (χ1n) is 12.0. The van der Waals surface area contributed by atoms with Crippen molar-refractivity contribution < 1.29 is 22.7 Å². The minimum absolute atomic E-state index is 0.0870. The molecule has 1 aliphatic carbocycles. The summed E-state index contributed by atoms with van der Waals surface area (Å²) in [5.74, 6) is 0.397. The predicted octanol–water partition coefficient (Wildman–Crippen LogP) is 6.99. The van der Waals surface area contributed by atoms with Crippen LogP contribution in [0.25, 0.3) is 11.3 Å². The Morgan fingerprint density at radius 3 is 2.55 bits per heavy atom. The van der Waals surface area contributed by atoms with Crippen LogP contribution in [0.4, 0.5) is 18.2 Å².